The minimum Gasteiger partial charge on any atom is -0.207 e. The van der Waals surface area contributed by atoms with Gasteiger partial charge in [-0.15, -0.1) is 0 Å². The molecular formula is C11H14BrF. The zero-order valence-corrected chi connectivity index (χ0v) is 9.78. The normalized spacial score (nSPS) is 11.8. The third-order valence-corrected chi connectivity index (χ3v) is 3.03. The van der Waals surface area contributed by atoms with Crippen molar-refractivity contribution < 1.29 is 4.39 Å². The molecule has 0 unspecified atom stereocenters. The molecule has 0 atom stereocenters. The van der Waals surface area contributed by atoms with Crippen molar-refractivity contribution in [2.75, 3.05) is 0 Å². The lowest BCUT2D eigenvalue weighted by molar-refractivity contribution is 0.469. The van der Waals surface area contributed by atoms with Gasteiger partial charge >= 0.3 is 0 Å². The SMILES string of the molecule is CCC(C)(C)c1cc(Br)ccc1F. The first-order valence-electron chi connectivity index (χ1n) is 4.43. The first-order valence-corrected chi connectivity index (χ1v) is 5.22. The van der Waals surface area contributed by atoms with Crippen LogP contribution >= 0.6 is 15.9 Å². The predicted octanol–water partition coefficient (Wildman–Crippen LogP) is 4.28. The Morgan fingerprint density at radius 3 is 2.54 bits per heavy atom. The molecule has 0 saturated heterocycles. The Hall–Kier alpha value is -0.370. The standard InChI is InChI=1S/C11H14BrF/c1-4-11(2,3)9-7-8(12)5-6-10(9)13/h5-7H,4H2,1-3H3. The molecule has 0 heterocycles. The molecule has 0 N–H and O–H groups in total. The Balaban J connectivity index is 3.20. The average Bonchev–Trinajstić information content (AvgIpc) is 2.09. The molecule has 0 nitrogen and oxygen atoms in total. The van der Waals surface area contributed by atoms with Gasteiger partial charge in [-0.25, -0.2) is 4.39 Å². The van der Waals surface area contributed by atoms with Gasteiger partial charge < -0.3 is 0 Å². The molecule has 72 valence electrons. The second kappa shape index (κ2) is 3.79. The van der Waals surface area contributed by atoms with Gasteiger partial charge in [-0.3, -0.25) is 0 Å². The fraction of sp³-hybridized carbons (Fsp3) is 0.455. The topological polar surface area (TPSA) is 0 Å². The average molecular weight is 245 g/mol. The molecule has 0 aliphatic heterocycles. The monoisotopic (exact) mass is 244 g/mol. The Morgan fingerprint density at radius 1 is 1.38 bits per heavy atom. The summed E-state index contributed by atoms with van der Waals surface area (Å²) in [6, 6.07) is 5.10. The highest BCUT2D eigenvalue weighted by atomic mass is 79.9. The van der Waals surface area contributed by atoms with E-state index in [1.54, 1.807) is 6.07 Å². The van der Waals surface area contributed by atoms with Crippen molar-refractivity contribution in [3.8, 4) is 0 Å². The maximum absolute atomic E-state index is 13.4. The predicted molar refractivity (Wildman–Crippen MR) is 57.4 cm³/mol. The van der Waals surface area contributed by atoms with Gasteiger partial charge in [0.15, 0.2) is 0 Å². The molecule has 0 amide bonds. The number of hydrogen-bond donors (Lipinski definition) is 0. The summed E-state index contributed by atoms with van der Waals surface area (Å²) in [6.07, 6.45) is 0.931. The van der Waals surface area contributed by atoms with Crippen LogP contribution in [0.1, 0.15) is 32.8 Å². The van der Waals surface area contributed by atoms with Crippen LogP contribution in [0.15, 0.2) is 22.7 Å². The van der Waals surface area contributed by atoms with E-state index in [2.05, 4.69) is 36.7 Å². The van der Waals surface area contributed by atoms with Crippen molar-refractivity contribution >= 4 is 15.9 Å². The van der Waals surface area contributed by atoms with Gasteiger partial charge in [0.1, 0.15) is 5.82 Å². The summed E-state index contributed by atoms with van der Waals surface area (Å²) in [6.45, 7) is 6.18. The maximum atomic E-state index is 13.4. The van der Waals surface area contributed by atoms with E-state index in [4.69, 9.17) is 0 Å². The Morgan fingerprint density at radius 2 is 2.00 bits per heavy atom. The summed E-state index contributed by atoms with van der Waals surface area (Å²) in [5.41, 5.74) is 0.692. The van der Waals surface area contributed by atoms with E-state index >= 15 is 0 Å². The molecule has 1 rings (SSSR count). The van der Waals surface area contributed by atoms with E-state index in [1.165, 1.54) is 6.07 Å². The van der Waals surface area contributed by atoms with E-state index in [1.807, 2.05) is 6.07 Å². The summed E-state index contributed by atoms with van der Waals surface area (Å²) < 4.78 is 14.4. The van der Waals surface area contributed by atoms with E-state index < -0.39 is 0 Å². The van der Waals surface area contributed by atoms with Crippen LogP contribution < -0.4 is 0 Å². The molecule has 0 fully saturated rings. The zero-order valence-electron chi connectivity index (χ0n) is 8.20. The van der Waals surface area contributed by atoms with Crippen molar-refractivity contribution in [1.82, 2.24) is 0 Å². The highest BCUT2D eigenvalue weighted by Crippen LogP contribution is 2.30. The van der Waals surface area contributed by atoms with Crippen LogP contribution in [0.25, 0.3) is 0 Å². The van der Waals surface area contributed by atoms with Crippen LogP contribution in [-0.2, 0) is 5.41 Å². The van der Waals surface area contributed by atoms with Gasteiger partial charge in [-0.2, -0.15) is 0 Å². The van der Waals surface area contributed by atoms with Gasteiger partial charge in [-0.05, 0) is 35.6 Å². The van der Waals surface area contributed by atoms with Crippen LogP contribution in [0.5, 0.6) is 0 Å². The number of rotatable bonds is 2. The smallest absolute Gasteiger partial charge is 0.127 e. The third kappa shape index (κ3) is 2.31. The molecule has 0 aliphatic rings. The van der Waals surface area contributed by atoms with E-state index in [0.29, 0.717) is 0 Å². The van der Waals surface area contributed by atoms with Crippen molar-refractivity contribution in [2.45, 2.75) is 32.6 Å². The first kappa shape index (κ1) is 10.7. The van der Waals surface area contributed by atoms with E-state index in [-0.39, 0.29) is 11.2 Å². The van der Waals surface area contributed by atoms with Crippen LogP contribution in [0, 0.1) is 5.82 Å². The quantitative estimate of drug-likeness (QED) is 0.729. The minimum atomic E-state index is -0.116. The highest BCUT2D eigenvalue weighted by Gasteiger charge is 2.21. The van der Waals surface area contributed by atoms with Crippen LogP contribution in [0.2, 0.25) is 0 Å². The van der Waals surface area contributed by atoms with Crippen LogP contribution in [0.4, 0.5) is 4.39 Å². The van der Waals surface area contributed by atoms with Gasteiger partial charge in [0.05, 0.1) is 0 Å². The van der Waals surface area contributed by atoms with Crippen molar-refractivity contribution in [2.24, 2.45) is 0 Å². The summed E-state index contributed by atoms with van der Waals surface area (Å²) in [5, 5.41) is 0. The summed E-state index contributed by atoms with van der Waals surface area (Å²) in [5.74, 6) is -0.116. The Kier molecular flexibility index (Phi) is 3.12. The van der Waals surface area contributed by atoms with Gasteiger partial charge in [-0.1, -0.05) is 36.7 Å². The second-order valence-electron chi connectivity index (χ2n) is 3.86. The summed E-state index contributed by atoms with van der Waals surface area (Å²) >= 11 is 3.35. The number of benzene rings is 1. The van der Waals surface area contributed by atoms with Gasteiger partial charge in [0.2, 0.25) is 0 Å². The van der Waals surface area contributed by atoms with Crippen LogP contribution in [0.3, 0.4) is 0 Å². The molecule has 0 radical (unpaired) electrons. The molecule has 13 heavy (non-hydrogen) atoms. The molecule has 2 heteroatoms. The van der Waals surface area contributed by atoms with Crippen molar-refractivity contribution in [3.63, 3.8) is 0 Å². The molecule has 0 aliphatic carbocycles. The molecular weight excluding hydrogens is 231 g/mol. The fourth-order valence-corrected chi connectivity index (χ4v) is 1.57. The van der Waals surface area contributed by atoms with Crippen LogP contribution in [-0.4, -0.2) is 0 Å². The molecule has 1 aromatic carbocycles. The largest absolute Gasteiger partial charge is 0.207 e. The highest BCUT2D eigenvalue weighted by molar-refractivity contribution is 9.10. The molecule has 0 bridgehead atoms. The fourth-order valence-electron chi connectivity index (χ4n) is 1.21. The second-order valence-corrected chi connectivity index (χ2v) is 4.78. The number of halogens is 2. The van der Waals surface area contributed by atoms with E-state index in [0.717, 1.165) is 16.5 Å². The van der Waals surface area contributed by atoms with Gasteiger partial charge in [0.25, 0.3) is 0 Å². The minimum absolute atomic E-state index is 0.0894. The molecule has 0 spiro atoms. The molecule has 0 saturated carbocycles. The number of hydrogen-bond acceptors (Lipinski definition) is 0. The molecule has 0 aromatic heterocycles. The van der Waals surface area contributed by atoms with Crippen molar-refractivity contribution in [1.29, 1.82) is 0 Å². The van der Waals surface area contributed by atoms with Crippen molar-refractivity contribution in [3.05, 3.63) is 34.1 Å². The summed E-state index contributed by atoms with van der Waals surface area (Å²) in [4.78, 5) is 0. The third-order valence-electron chi connectivity index (χ3n) is 2.54. The van der Waals surface area contributed by atoms with Gasteiger partial charge in [0, 0.05) is 4.47 Å². The summed E-state index contributed by atoms with van der Waals surface area (Å²) in [7, 11) is 0. The lowest BCUT2D eigenvalue weighted by atomic mass is 9.82. The lowest BCUT2D eigenvalue weighted by Gasteiger charge is -2.23. The first-order chi connectivity index (χ1) is 5.97. The Labute approximate surface area is 87.3 Å². The maximum Gasteiger partial charge on any atom is 0.127 e. The Bertz CT molecular complexity index is 305. The molecule has 1 aromatic rings. The lowest BCUT2D eigenvalue weighted by Crippen LogP contribution is -2.17. The zero-order chi connectivity index (χ0) is 10.1. The van der Waals surface area contributed by atoms with E-state index in [9.17, 15) is 4.39 Å².